The molecule has 0 saturated carbocycles. The van der Waals surface area contributed by atoms with Crippen LogP contribution < -0.4 is 10.0 Å². The summed E-state index contributed by atoms with van der Waals surface area (Å²) in [6, 6.07) is 8.97. The lowest BCUT2D eigenvalue weighted by molar-refractivity contribution is 0.588. The maximum absolute atomic E-state index is 12.8. The van der Waals surface area contributed by atoms with Crippen LogP contribution in [-0.4, -0.2) is 31.8 Å². The summed E-state index contributed by atoms with van der Waals surface area (Å²) in [5.74, 6) is 0. The molecule has 1 aromatic heterocycles. The van der Waals surface area contributed by atoms with Gasteiger partial charge in [-0.25, -0.2) is 8.42 Å². The van der Waals surface area contributed by atoms with E-state index >= 15 is 0 Å². The van der Waals surface area contributed by atoms with Crippen LogP contribution in [0.4, 0.5) is 5.69 Å². The molecule has 21 heavy (non-hydrogen) atoms. The Bertz CT molecular complexity index is 723. The van der Waals surface area contributed by atoms with Gasteiger partial charge < -0.3 is 5.73 Å². The van der Waals surface area contributed by atoms with Crippen LogP contribution in [0.25, 0.3) is 0 Å². The Labute approximate surface area is 125 Å². The zero-order valence-corrected chi connectivity index (χ0v) is 13.3. The van der Waals surface area contributed by atoms with E-state index in [0.29, 0.717) is 30.2 Å². The van der Waals surface area contributed by atoms with E-state index in [-0.39, 0.29) is 4.90 Å². The van der Waals surface area contributed by atoms with Crippen molar-refractivity contribution >= 4 is 15.7 Å². The van der Waals surface area contributed by atoms with E-state index in [9.17, 15) is 8.42 Å². The summed E-state index contributed by atoms with van der Waals surface area (Å²) in [5.41, 5.74) is 7.24. The highest BCUT2D eigenvalue weighted by atomic mass is 32.2. The molecule has 0 aliphatic carbocycles. The van der Waals surface area contributed by atoms with Crippen molar-refractivity contribution in [2.75, 3.05) is 17.9 Å². The first-order valence-corrected chi connectivity index (χ1v) is 8.11. The molecule has 2 rings (SSSR count). The molecule has 1 aromatic carbocycles. The van der Waals surface area contributed by atoms with Gasteiger partial charge >= 0.3 is 0 Å². The second kappa shape index (κ2) is 5.87. The van der Waals surface area contributed by atoms with E-state index in [1.807, 2.05) is 6.07 Å². The Morgan fingerprint density at radius 2 is 1.86 bits per heavy atom. The predicted molar refractivity (Wildman–Crippen MR) is 82.8 cm³/mol. The van der Waals surface area contributed by atoms with Crippen LogP contribution in [0.2, 0.25) is 0 Å². The number of nitrogens with zero attached hydrogens (tertiary/aromatic N) is 3. The monoisotopic (exact) mass is 308 g/mol. The Morgan fingerprint density at radius 3 is 2.43 bits per heavy atom. The lowest BCUT2D eigenvalue weighted by Crippen LogP contribution is -2.27. The first-order valence-electron chi connectivity index (χ1n) is 6.67. The standard InChI is InChI=1S/C14H20N4O2S/c1-11-14(12(2)18(16-11)10-9-15)21(19,20)17(3)13-7-5-4-6-8-13/h4-8H,9-10,15H2,1-3H3. The van der Waals surface area contributed by atoms with E-state index in [4.69, 9.17) is 5.73 Å². The molecule has 0 fully saturated rings. The lowest BCUT2D eigenvalue weighted by atomic mass is 10.3. The predicted octanol–water partition coefficient (Wildman–Crippen LogP) is 1.28. The zero-order valence-electron chi connectivity index (χ0n) is 12.4. The summed E-state index contributed by atoms with van der Waals surface area (Å²) in [6.45, 7) is 4.36. The van der Waals surface area contributed by atoms with Crippen molar-refractivity contribution in [3.8, 4) is 0 Å². The maximum atomic E-state index is 12.8. The third-order valence-electron chi connectivity index (χ3n) is 3.39. The quantitative estimate of drug-likeness (QED) is 0.902. The molecule has 0 unspecified atom stereocenters. The summed E-state index contributed by atoms with van der Waals surface area (Å²) in [7, 11) is -2.10. The molecule has 0 aliphatic heterocycles. The second-order valence-electron chi connectivity index (χ2n) is 4.82. The fourth-order valence-electron chi connectivity index (χ4n) is 2.31. The first-order chi connectivity index (χ1) is 9.89. The maximum Gasteiger partial charge on any atom is 0.267 e. The molecule has 0 bridgehead atoms. The fraction of sp³-hybridized carbons (Fsp3) is 0.357. The van der Waals surface area contributed by atoms with Gasteiger partial charge in [-0.15, -0.1) is 0 Å². The second-order valence-corrected chi connectivity index (χ2v) is 6.73. The molecule has 0 spiro atoms. The summed E-state index contributed by atoms with van der Waals surface area (Å²) in [6.07, 6.45) is 0. The molecule has 0 saturated heterocycles. The number of aryl methyl sites for hydroxylation is 1. The van der Waals surface area contributed by atoms with Gasteiger partial charge in [0.1, 0.15) is 4.90 Å². The van der Waals surface area contributed by atoms with E-state index < -0.39 is 10.0 Å². The Hall–Kier alpha value is -1.86. The van der Waals surface area contributed by atoms with Gasteiger partial charge in [0.2, 0.25) is 0 Å². The van der Waals surface area contributed by atoms with E-state index in [1.165, 1.54) is 4.31 Å². The van der Waals surface area contributed by atoms with Crippen molar-refractivity contribution in [3.05, 3.63) is 41.7 Å². The van der Waals surface area contributed by atoms with Gasteiger partial charge in [0.15, 0.2) is 0 Å². The number of benzene rings is 1. The van der Waals surface area contributed by atoms with Crippen LogP contribution in [0.5, 0.6) is 0 Å². The molecule has 2 aromatic rings. The van der Waals surface area contributed by atoms with Gasteiger partial charge in [-0.2, -0.15) is 5.10 Å². The van der Waals surface area contributed by atoms with Crippen LogP contribution in [0, 0.1) is 13.8 Å². The van der Waals surface area contributed by atoms with Crippen molar-refractivity contribution < 1.29 is 8.42 Å². The van der Waals surface area contributed by atoms with Crippen LogP contribution in [0.15, 0.2) is 35.2 Å². The van der Waals surface area contributed by atoms with Gasteiger partial charge in [0.05, 0.1) is 23.6 Å². The van der Waals surface area contributed by atoms with Crippen molar-refractivity contribution in [1.82, 2.24) is 9.78 Å². The molecule has 0 amide bonds. The fourth-order valence-corrected chi connectivity index (χ4v) is 3.87. The minimum absolute atomic E-state index is 0.252. The number of hydrogen-bond donors (Lipinski definition) is 1. The lowest BCUT2D eigenvalue weighted by Gasteiger charge is -2.19. The van der Waals surface area contributed by atoms with E-state index in [0.717, 1.165) is 0 Å². The molecule has 0 radical (unpaired) electrons. The topological polar surface area (TPSA) is 81.2 Å². The number of sulfonamides is 1. The summed E-state index contributed by atoms with van der Waals surface area (Å²) < 4.78 is 28.6. The average Bonchev–Trinajstić information content (AvgIpc) is 2.74. The number of aromatic nitrogens is 2. The SMILES string of the molecule is Cc1nn(CCN)c(C)c1S(=O)(=O)N(C)c1ccccc1. The average molecular weight is 308 g/mol. The van der Waals surface area contributed by atoms with Crippen LogP contribution in [0.1, 0.15) is 11.4 Å². The van der Waals surface area contributed by atoms with Crippen LogP contribution in [0.3, 0.4) is 0 Å². The number of nitrogens with two attached hydrogens (primary N) is 1. The molecule has 7 heteroatoms. The normalized spacial score (nSPS) is 11.6. The Kier molecular flexibility index (Phi) is 4.34. The van der Waals surface area contributed by atoms with Crippen molar-refractivity contribution in [1.29, 1.82) is 0 Å². The smallest absolute Gasteiger partial charge is 0.267 e. The van der Waals surface area contributed by atoms with Crippen LogP contribution in [-0.2, 0) is 16.6 Å². The molecule has 114 valence electrons. The van der Waals surface area contributed by atoms with Gasteiger partial charge in [0, 0.05) is 13.6 Å². The number of para-hydroxylation sites is 1. The molecule has 6 nitrogen and oxygen atoms in total. The molecular weight excluding hydrogens is 288 g/mol. The minimum atomic E-state index is -3.64. The Balaban J connectivity index is 2.50. The molecule has 0 atom stereocenters. The number of anilines is 1. The third kappa shape index (κ3) is 2.79. The number of rotatable bonds is 5. The highest BCUT2D eigenvalue weighted by molar-refractivity contribution is 7.92. The zero-order chi connectivity index (χ0) is 15.6. The summed E-state index contributed by atoms with van der Waals surface area (Å²) >= 11 is 0. The van der Waals surface area contributed by atoms with Crippen LogP contribution >= 0.6 is 0 Å². The molecule has 2 N–H and O–H groups in total. The third-order valence-corrected chi connectivity index (χ3v) is 5.43. The van der Waals surface area contributed by atoms with Crippen molar-refractivity contribution in [2.45, 2.75) is 25.3 Å². The highest BCUT2D eigenvalue weighted by Gasteiger charge is 2.28. The summed E-state index contributed by atoms with van der Waals surface area (Å²) in [5, 5.41) is 4.27. The van der Waals surface area contributed by atoms with Gasteiger partial charge in [-0.05, 0) is 26.0 Å². The largest absolute Gasteiger partial charge is 0.329 e. The van der Waals surface area contributed by atoms with Gasteiger partial charge in [0.25, 0.3) is 10.0 Å². The summed E-state index contributed by atoms with van der Waals surface area (Å²) in [4.78, 5) is 0.252. The van der Waals surface area contributed by atoms with Gasteiger partial charge in [-0.1, -0.05) is 18.2 Å². The molecule has 0 aliphatic rings. The number of hydrogen-bond acceptors (Lipinski definition) is 4. The molecule has 1 heterocycles. The highest BCUT2D eigenvalue weighted by Crippen LogP contribution is 2.26. The minimum Gasteiger partial charge on any atom is -0.329 e. The van der Waals surface area contributed by atoms with Crippen molar-refractivity contribution in [2.24, 2.45) is 5.73 Å². The van der Waals surface area contributed by atoms with E-state index in [1.54, 1.807) is 49.8 Å². The van der Waals surface area contributed by atoms with E-state index in [2.05, 4.69) is 5.10 Å². The van der Waals surface area contributed by atoms with Gasteiger partial charge in [-0.3, -0.25) is 8.99 Å². The molecular formula is C14H20N4O2S. The van der Waals surface area contributed by atoms with Crippen molar-refractivity contribution in [3.63, 3.8) is 0 Å². The Morgan fingerprint density at radius 1 is 1.24 bits per heavy atom. The first kappa shape index (κ1) is 15.5.